The van der Waals surface area contributed by atoms with E-state index in [1.165, 1.54) is 13.0 Å². The second kappa shape index (κ2) is 9.22. The maximum absolute atomic E-state index is 3.72. The van der Waals surface area contributed by atoms with Gasteiger partial charge >= 0.3 is 0 Å². The topological polar surface area (TPSA) is 15.3 Å². The number of nitrogens with one attached hydrogen (secondary N) is 1. The van der Waals surface area contributed by atoms with Crippen LogP contribution in [0.5, 0.6) is 0 Å². The van der Waals surface area contributed by atoms with Gasteiger partial charge in [-0.15, -0.1) is 6.58 Å². The molecule has 0 saturated carbocycles. The van der Waals surface area contributed by atoms with E-state index in [0.29, 0.717) is 0 Å². The van der Waals surface area contributed by atoms with Crippen molar-refractivity contribution in [3.63, 3.8) is 0 Å². The largest absolute Gasteiger partial charge is 0.315 e. The summed E-state index contributed by atoms with van der Waals surface area (Å²) in [5, 5.41) is 3.44. The van der Waals surface area contributed by atoms with Crippen molar-refractivity contribution < 1.29 is 0 Å². The van der Waals surface area contributed by atoms with Gasteiger partial charge in [-0.05, 0) is 38.9 Å². The van der Waals surface area contributed by atoms with Gasteiger partial charge < -0.3 is 10.2 Å². The smallest absolute Gasteiger partial charge is 0.0104 e. The summed E-state index contributed by atoms with van der Waals surface area (Å²) in [6, 6.07) is 0. The number of hydrogen-bond donors (Lipinski definition) is 1. The third kappa shape index (κ3) is 9.75. The fraction of sp³-hybridized carbons (Fsp3) is 0.833. The third-order valence-electron chi connectivity index (χ3n) is 2.17. The Labute approximate surface area is 89.4 Å². The zero-order chi connectivity index (χ0) is 10.8. The van der Waals surface area contributed by atoms with Gasteiger partial charge in [0, 0.05) is 13.1 Å². The Kier molecular flexibility index (Phi) is 9.00. The van der Waals surface area contributed by atoms with Crippen LogP contribution in [0.25, 0.3) is 0 Å². The minimum Gasteiger partial charge on any atom is -0.315 e. The molecule has 0 heterocycles. The maximum atomic E-state index is 3.72. The average Bonchev–Trinajstić information content (AvgIpc) is 2.13. The summed E-state index contributed by atoms with van der Waals surface area (Å²) < 4.78 is 0. The first-order chi connectivity index (χ1) is 6.66. The predicted octanol–water partition coefficient (Wildman–Crippen LogP) is 2.13. The highest BCUT2D eigenvalue weighted by atomic mass is 15.1. The van der Waals surface area contributed by atoms with E-state index in [9.17, 15) is 0 Å². The van der Waals surface area contributed by atoms with Gasteiger partial charge in [0.15, 0.2) is 0 Å². The van der Waals surface area contributed by atoms with Crippen LogP contribution in [0.15, 0.2) is 12.7 Å². The molecule has 0 aromatic heterocycles. The molecule has 0 fully saturated rings. The van der Waals surface area contributed by atoms with Crippen molar-refractivity contribution in [2.24, 2.45) is 5.92 Å². The molecule has 0 unspecified atom stereocenters. The molecule has 0 aliphatic rings. The Balaban J connectivity index is 3.17. The van der Waals surface area contributed by atoms with E-state index in [-0.39, 0.29) is 0 Å². The summed E-state index contributed by atoms with van der Waals surface area (Å²) in [6.07, 6.45) is 4.35. The van der Waals surface area contributed by atoms with Gasteiger partial charge in [0.2, 0.25) is 0 Å². The number of unbranched alkanes of at least 4 members (excludes halogenated alkanes) is 1. The molecule has 2 heteroatoms. The molecule has 0 amide bonds. The summed E-state index contributed by atoms with van der Waals surface area (Å²) in [5.74, 6) is 0.751. The molecule has 0 rings (SSSR count). The monoisotopic (exact) mass is 198 g/mol. The van der Waals surface area contributed by atoms with E-state index in [0.717, 1.165) is 32.0 Å². The molecule has 84 valence electrons. The second-order valence-corrected chi connectivity index (χ2v) is 4.33. The zero-order valence-corrected chi connectivity index (χ0v) is 10.1. The molecule has 0 bridgehead atoms. The highest BCUT2D eigenvalue weighted by Gasteiger charge is 1.97. The zero-order valence-electron chi connectivity index (χ0n) is 10.1. The highest BCUT2D eigenvalue weighted by Crippen LogP contribution is 1.92. The molecule has 2 nitrogen and oxygen atoms in total. The molecule has 0 aliphatic carbocycles. The van der Waals surface area contributed by atoms with Crippen molar-refractivity contribution in [3.05, 3.63) is 12.7 Å². The Morgan fingerprint density at radius 3 is 2.64 bits per heavy atom. The van der Waals surface area contributed by atoms with E-state index in [4.69, 9.17) is 0 Å². The maximum Gasteiger partial charge on any atom is 0.0104 e. The van der Waals surface area contributed by atoms with Crippen LogP contribution in [-0.2, 0) is 0 Å². The molecule has 0 aromatic rings. The summed E-state index contributed by atoms with van der Waals surface area (Å²) in [6.45, 7) is 12.7. The fourth-order valence-electron chi connectivity index (χ4n) is 1.28. The van der Waals surface area contributed by atoms with Crippen LogP contribution in [0.2, 0.25) is 0 Å². The molecule has 14 heavy (non-hydrogen) atoms. The SMILES string of the molecule is C=CCCCN(C)CCNCC(C)C. The number of hydrogen-bond acceptors (Lipinski definition) is 2. The molecule has 0 atom stereocenters. The summed E-state index contributed by atoms with van der Waals surface area (Å²) in [4.78, 5) is 2.37. The van der Waals surface area contributed by atoms with E-state index < -0.39 is 0 Å². The van der Waals surface area contributed by atoms with Gasteiger partial charge in [0.25, 0.3) is 0 Å². The fourth-order valence-corrected chi connectivity index (χ4v) is 1.28. The quantitative estimate of drug-likeness (QED) is 0.451. The Bertz CT molecular complexity index is 132. The first kappa shape index (κ1) is 13.7. The van der Waals surface area contributed by atoms with E-state index >= 15 is 0 Å². The highest BCUT2D eigenvalue weighted by molar-refractivity contribution is 4.67. The van der Waals surface area contributed by atoms with Crippen molar-refractivity contribution in [2.45, 2.75) is 26.7 Å². The van der Waals surface area contributed by atoms with Gasteiger partial charge in [0.05, 0.1) is 0 Å². The number of allylic oxidation sites excluding steroid dienone is 1. The van der Waals surface area contributed by atoms with E-state index in [1.807, 2.05) is 6.08 Å². The van der Waals surface area contributed by atoms with Gasteiger partial charge in [-0.1, -0.05) is 19.9 Å². The van der Waals surface area contributed by atoms with Crippen molar-refractivity contribution >= 4 is 0 Å². The van der Waals surface area contributed by atoms with Crippen molar-refractivity contribution in [1.29, 1.82) is 0 Å². The molecule has 0 aromatic carbocycles. The van der Waals surface area contributed by atoms with Crippen LogP contribution in [-0.4, -0.2) is 38.1 Å². The van der Waals surface area contributed by atoms with Crippen LogP contribution in [0.1, 0.15) is 26.7 Å². The first-order valence-corrected chi connectivity index (χ1v) is 5.67. The average molecular weight is 198 g/mol. The lowest BCUT2D eigenvalue weighted by molar-refractivity contribution is 0.325. The van der Waals surface area contributed by atoms with Gasteiger partial charge in [-0.3, -0.25) is 0 Å². The molecule has 0 aliphatic heterocycles. The van der Waals surface area contributed by atoms with Crippen molar-refractivity contribution in [2.75, 3.05) is 33.2 Å². The standard InChI is InChI=1S/C12H26N2/c1-5-6-7-9-14(4)10-8-13-11-12(2)3/h5,12-13H,1,6-11H2,2-4H3. The minimum absolute atomic E-state index is 0.751. The first-order valence-electron chi connectivity index (χ1n) is 5.67. The third-order valence-corrected chi connectivity index (χ3v) is 2.17. The molecular formula is C12H26N2. The lowest BCUT2D eigenvalue weighted by atomic mass is 10.2. The molecule has 1 N–H and O–H groups in total. The summed E-state index contributed by atoms with van der Waals surface area (Å²) >= 11 is 0. The van der Waals surface area contributed by atoms with E-state index in [1.54, 1.807) is 0 Å². The molecular weight excluding hydrogens is 172 g/mol. The van der Waals surface area contributed by atoms with E-state index in [2.05, 4.69) is 37.7 Å². The molecule has 0 saturated heterocycles. The normalized spacial score (nSPS) is 11.2. The lowest BCUT2D eigenvalue weighted by Gasteiger charge is -2.16. The van der Waals surface area contributed by atoms with Crippen LogP contribution >= 0.6 is 0 Å². The Morgan fingerprint density at radius 1 is 1.36 bits per heavy atom. The van der Waals surface area contributed by atoms with Gasteiger partial charge in [0.1, 0.15) is 0 Å². The molecule has 0 spiro atoms. The molecule has 0 radical (unpaired) electrons. The summed E-state index contributed by atoms with van der Waals surface area (Å²) in [7, 11) is 2.18. The van der Waals surface area contributed by atoms with Gasteiger partial charge in [-0.25, -0.2) is 0 Å². The van der Waals surface area contributed by atoms with Crippen molar-refractivity contribution in [1.82, 2.24) is 10.2 Å². The van der Waals surface area contributed by atoms with Crippen molar-refractivity contribution in [3.8, 4) is 0 Å². The second-order valence-electron chi connectivity index (χ2n) is 4.33. The minimum atomic E-state index is 0.751. The number of nitrogens with zero attached hydrogens (tertiary/aromatic N) is 1. The predicted molar refractivity (Wildman–Crippen MR) is 64.6 cm³/mol. The van der Waals surface area contributed by atoms with Crippen LogP contribution in [0, 0.1) is 5.92 Å². The van der Waals surface area contributed by atoms with Crippen LogP contribution in [0.3, 0.4) is 0 Å². The number of likely N-dealkylation sites (N-methyl/N-ethyl adjacent to an activating group) is 1. The Morgan fingerprint density at radius 2 is 2.07 bits per heavy atom. The summed E-state index contributed by atoms with van der Waals surface area (Å²) in [5.41, 5.74) is 0. The van der Waals surface area contributed by atoms with Gasteiger partial charge in [-0.2, -0.15) is 0 Å². The Hall–Kier alpha value is -0.340. The van der Waals surface area contributed by atoms with Crippen LogP contribution < -0.4 is 5.32 Å². The number of rotatable bonds is 9. The lowest BCUT2D eigenvalue weighted by Crippen LogP contribution is -2.31. The van der Waals surface area contributed by atoms with Crippen LogP contribution in [0.4, 0.5) is 0 Å².